The number of rotatable bonds is 4. The van der Waals surface area contributed by atoms with Crippen LogP contribution in [0.1, 0.15) is 12.0 Å². The van der Waals surface area contributed by atoms with Crippen LogP contribution in [0.5, 0.6) is 0 Å². The standard InChI is InChI=1S/C15H13BrFNO/c16-12-6-8-13(9-7-12)18-15(19)10-5-11-3-1-2-4-14(11)17/h1-4,6-9H,5,10H2,(H,18,19). The van der Waals surface area contributed by atoms with Gasteiger partial charge in [-0.1, -0.05) is 34.1 Å². The van der Waals surface area contributed by atoms with Gasteiger partial charge >= 0.3 is 0 Å². The monoisotopic (exact) mass is 321 g/mol. The number of hydrogen-bond acceptors (Lipinski definition) is 1. The minimum atomic E-state index is -0.265. The SMILES string of the molecule is O=C(CCc1ccccc1F)Nc1ccc(Br)cc1. The molecule has 0 aliphatic rings. The van der Waals surface area contributed by atoms with E-state index in [0.717, 1.165) is 10.2 Å². The summed E-state index contributed by atoms with van der Waals surface area (Å²) >= 11 is 3.33. The van der Waals surface area contributed by atoms with Crippen molar-refractivity contribution in [2.75, 3.05) is 5.32 Å². The number of aryl methyl sites for hydroxylation is 1. The van der Waals surface area contributed by atoms with Crippen LogP contribution in [0.2, 0.25) is 0 Å². The zero-order chi connectivity index (χ0) is 13.7. The second-order valence-electron chi connectivity index (χ2n) is 4.15. The van der Waals surface area contributed by atoms with Crippen LogP contribution < -0.4 is 5.32 Å². The Labute approximate surface area is 119 Å². The Hall–Kier alpha value is -1.68. The van der Waals surface area contributed by atoms with E-state index in [2.05, 4.69) is 21.2 Å². The average molecular weight is 322 g/mol. The Morgan fingerprint density at radius 3 is 2.47 bits per heavy atom. The highest BCUT2D eigenvalue weighted by atomic mass is 79.9. The van der Waals surface area contributed by atoms with Crippen molar-refractivity contribution in [2.24, 2.45) is 0 Å². The molecule has 0 spiro atoms. The normalized spacial score (nSPS) is 10.2. The fourth-order valence-electron chi connectivity index (χ4n) is 1.71. The highest BCUT2D eigenvalue weighted by Gasteiger charge is 2.06. The van der Waals surface area contributed by atoms with E-state index in [4.69, 9.17) is 0 Å². The van der Waals surface area contributed by atoms with Crippen molar-refractivity contribution in [3.05, 3.63) is 64.4 Å². The molecule has 0 saturated heterocycles. The van der Waals surface area contributed by atoms with Crippen molar-refractivity contribution >= 4 is 27.5 Å². The van der Waals surface area contributed by atoms with Crippen molar-refractivity contribution in [1.29, 1.82) is 0 Å². The minimum absolute atomic E-state index is 0.120. The van der Waals surface area contributed by atoms with Gasteiger partial charge < -0.3 is 5.32 Å². The molecule has 0 bridgehead atoms. The molecule has 0 fully saturated rings. The van der Waals surface area contributed by atoms with Gasteiger partial charge in [0, 0.05) is 16.6 Å². The first kappa shape index (κ1) is 13.7. The van der Waals surface area contributed by atoms with E-state index in [1.54, 1.807) is 18.2 Å². The number of nitrogens with one attached hydrogen (secondary N) is 1. The Morgan fingerprint density at radius 2 is 1.79 bits per heavy atom. The lowest BCUT2D eigenvalue weighted by Crippen LogP contribution is -2.12. The van der Waals surface area contributed by atoms with Gasteiger partial charge in [-0.3, -0.25) is 4.79 Å². The van der Waals surface area contributed by atoms with Crippen molar-refractivity contribution in [3.63, 3.8) is 0 Å². The number of carbonyl (C=O) groups excluding carboxylic acids is 1. The first-order chi connectivity index (χ1) is 9.15. The fraction of sp³-hybridized carbons (Fsp3) is 0.133. The molecule has 19 heavy (non-hydrogen) atoms. The lowest BCUT2D eigenvalue weighted by Gasteiger charge is -2.06. The predicted molar refractivity (Wildman–Crippen MR) is 77.5 cm³/mol. The maximum Gasteiger partial charge on any atom is 0.224 e. The third kappa shape index (κ3) is 4.17. The molecular formula is C15H13BrFNO. The van der Waals surface area contributed by atoms with Crippen LogP contribution >= 0.6 is 15.9 Å². The van der Waals surface area contributed by atoms with Gasteiger partial charge in [-0.25, -0.2) is 4.39 Å². The van der Waals surface area contributed by atoms with E-state index in [1.807, 2.05) is 24.3 Å². The molecule has 1 N–H and O–H groups in total. The van der Waals surface area contributed by atoms with Crippen LogP contribution in [0.15, 0.2) is 53.0 Å². The van der Waals surface area contributed by atoms with Crippen molar-refractivity contribution < 1.29 is 9.18 Å². The van der Waals surface area contributed by atoms with Crippen molar-refractivity contribution in [1.82, 2.24) is 0 Å². The maximum absolute atomic E-state index is 13.4. The van der Waals surface area contributed by atoms with Crippen molar-refractivity contribution in [2.45, 2.75) is 12.8 Å². The third-order valence-electron chi connectivity index (χ3n) is 2.71. The summed E-state index contributed by atoms with van der Waals surface area (Å²) in [4.78, 5) is 11.7. The maximum atomic E-state index is 13.4. The molecule has 2 aromatic carbocycles. The molecule has 0 aliphatic heterocycles. The Kier molecular flexibility index (Phi) is 4.68. The molecule has 0 atom stereocenters. The second kappa shape index (κ2) is 6.48. The van der Waals surface area contributed by atoms with E-state index in [9.17, 15) is 9.18 Å². The predicted octanol–water partition coefficient (Wildman–Crippen LogP) is 4.16. The van der Waals surface area contributed by atoms with Crippen molar-refractivity contribution in [3.8, 4) is 0 Å². The summed E-state index contributed by atoms with van der Waals surface area (Å²) in [6.45, 7) is 0. The summed E-state index contributed by atoms with van der Waals surface area (Å²) in [6.07, 6.45) is 0.659. The van der Waals surface area contributed by atoms with Gasteiger partial charge in [0.25, 0.3) is 0 Å². The summed E-state index contributed by atoms with van der Waals surface area (Å²) in [5.41, 5.74) is 1.30. The van der Waals surface area contributed by atoms with Crippen LogP contribution in [0.25, 0.3) is 0 Å². The number of halogens is 2. The first-order valence-corrected chi connectivity index (χ1v) is 6.73. The zero-order valence-corrected chi connectivity index (χ0v) is 11.8. The Bertz CT molecular complexity index is 569. The molecule has 0 heterocycles. The summed E-state index contributed by atoms with van der Waals surface area (Å²) in [5, 5.41) is 2.78. The van der Waals surface area contributed by atoms with Crippen LogP contribution in [0, 0.1) is 5.82 Å². The topological polar surface area (TPSA) is 29.1 Å². The first-order valence-electron chi connectivity index (χ1n) is 5.94. The summed E-state index contributed by atoms with van der Waals surface area (Å²) < 4.78 is 14.3. The van der Waals surface area contributed by atoms with E-state index >= 15 is 0 Å². The van der Waals surface area contributed by atoms with Gasteiger partial charge in [-0.15, -0.1) is 0 Å². The van der Waals surface area contributed by atoms with E-state index < -0.39 is 0 Å². The zero-order valence-electron chi connectivity index (χ0n) is 10.2. The quantitative estimate of drug-likeness (QED) is 0.900. The van der Waals surface area contributed by atoms with Gasteiger partial charge in [-0.05, 0) is 42.3 Å². The molecule has 4 heteroatoms. The highest BCUT2D eigenvalue weighted by molar-refractivity contribution is 9.10. The molecule has 0 aromatic heterocycles. The fourth-order valence-corrected chi connectivity index (χ4v) is 1.97. The summed E-state index contributed by atoms with van der Waals surface area (Å²) in [6, 6.07) is 13.8. The molecule has 2 aromatic rings. The number of carbonyl (C=O) groups is 1. The van der Waals surface area contributed by atoms with Gasteiger partial charge in [0.15, 0.2) is 0 Å². The summed E-state index contributed by atoms with van der Waals surface area (Å²) in [5.74, 6) is -0.385. The largest absolute Gasteiger partial charge is 0.326 e. The molecule has 0 aliphatic carbocycles. The minimum Gasteiger partial charge on any atom is -0.326 e. The molecular weight excluding hydrogens is 309 g/mol. The smallest absolute Gasteiger partial charge is 0.224 e. The molecule has 1 amide bonds. The number of benzene rings is 2. The van der Waals surface area contributed by atoms with Gasteiger partial charge in [-0.2, -0.15) is 0 Å². The molecule has 2 nitrogen and oxygen atoms in total. The average Bonchev–Trinajstić information content (AvgIpc) is 2.40. The van der Waals surface area contributed by atoms with Gasteiger partial charge in [0.1, 0.15) is 5.82 Å². The molecule has 0 saturated carbocycles. The van der Waals surface area contributed by atoms with Gasteiger partial charge in [0.05, 0.1) is 0 Å². The number of anilines is 1. The van der Waals surface area contributed by atoms with Crippen LogP contribution in [0.4, 0.5) is 10.1 Å². The third-order valence-corrected chi connectivity index (χ3v) is 3.24. The molecule has 0 unspecified atom stereocenters. The van der Waals surface area contributed by atoms with E-state index in [-0.39, 0.29) is 18.1 Å². The molecule has 0 radical (unpaired) electrons. The molecule has 2 rings (SSSR count). The Morgan fingerprint density at radius 1 is 1.11 bits per heavy atom. The van der Waals surface area contributed by atoms with E-state index in [0.29, 0.717) is 12.0 Å². The van der Waals surface area contributed by atoms with Crippen LogP contribution in [-0.4, -0.2) is 5.91 Å². The highest BCUT2D eigenvalue weighted by Crippen LogP contribution is 2.15. The second-order valence-corrected chi connectivity index (χ2v) is 5.06. The van der Waals surface area contributed by atoms with Gasteiger partial charge in [0.2, 0.25) is 5.91 Å². The van der Waals surface area contributed by atoms with E-state index in [1.165, 1.54) is 6.07 Å². The lowest BCUT2D eigenvalue weighted by molar-refractivity contribution is -0.116. The Balaban J connectivity index is 1.88. The lowest BCUT2D eigenvalue weighted by atomic mass is 10.1. The number of amides is 1. The molecule has 98 valence electrons. The van der Waals surface area contributed by atoms with Crippen LogP contribution in [-0.2, 0) is 11.2 Å². The number of hydrogen-bond donors (Lipinski definition) is 1. The summed E-state index contributed by atoms with van der Waals surface area (Å²) in [7, 11) is 0. The van der Waals surface area contributed by atoms with Crippen LogP contribution in [0.3, 0.4) is 0 Å².